The Labute approximate surface area is 128 Å². The van der Waals surface area contributed by atoms with Crippen LogP contribution < -0.4 is 10.1 Å². The second-order valence-corrected chi connectivity index (χ2v) is 6.38. The summed E-state index contributed by atoms with van der Waals surface area (Å²) in [7, 11) is 0. The predicted molar refractivity (Wildman–Crippen MR) is 88.6 cm³/mol. The fourth-order valence-electron chi connectivity index (χ4n) is 3.48. The Morgan fingerprint density at radius 3 is 2.48 bits per heavy atom. The van der Waals surface area contributed by atoms with Crippen molar-refractivity contribution in [1.29, 1.82) is 0 Å². The Morgan fingerprint density at radius 1 is 1.10 bits per heavy atom. The van der Waals surface area contributed by atoms with Gasteiger partial charge < -0.3 is 10.1 Å². The van der Waals surface area contributed by atoms with Gasteiger partial charge in [0.15, 0.2) is 0 Å². The second-order valence-electron chi connectivity index (χ2n) is 6.38. The maximum Gasteiger partial charge on any atom is 0.119 e. The summed E-state index contributed by atoms with van der Waals surface area (Å²) in [5.41, 5.74) is 2.81. The number of nitrogens with one attached hydrogen (secondary N) is 1. The van der Waals surface area contributed by atoms with Gasteiger partial charge in [-0.3, -0.25) is 0 Å². The van der Waals surface area contributed by atoms with E-state index in [1.165, 1.54) is 43.2 Å². The Kier molecular flexibility index (Phi) is 4.97. The largest absolute Gasteiger partial charge is 0.490 e. The summed E-state index contributed by atoms with van der Waals surface area (Å²) in [6.45, 7) is 4.39. The van der Waals surface area contributed by atoms with Gasteiger partial charge in [0.05, 0.1) is 6.10 Å². The highest BCUT2D eigenvalue weighted by molar-refractivity contribution is 5.67. The molecule has 0 radical (unpaired) electrons. The molecule has 2 heteroatoms. The highest BCUT2D eigenvalue weighted by atomic mass is 16.5. The maximum atomic E-state index is 6.16. The van der Waals surface area contributed by atoms with E-state index in [1.807, 2.05) is 0 Å². The van der Waals surface area contributed by atoms with Gasteiger partial charge >= 0.3 is 0 Å². The van der Waals surface area contributed by atoms with Gasteiger partial charge in [-0.15, -0.1) is 0 Å². The molecule has 0 bridgehead atoms. The third-order valence-corrected chi connectivity index (χ3v) is 4.96. The second kappa shape index (κ2) is 7.13. The summed E-state index contributed by atoms with van der Waals surface area (Å²) in [6.07, 6.45) is 10.3. The SMILES string of the molecule is CCC1CCC(Oc2ccc(C3=CCNCC3)cc2)CC1. The molecular formula is C19H27NO. The van der Waals surface area contributed by atoms with Crippen molar-refractivity contribution in [1.82, 2.24) is 5.32 Å². The van der Waals surface area contributed by atoms with Gasteiger partial charge in [0, 0.05) is 6.54 Å². The van der Waals surface area contributed by atoms with Crippen LogP contribution in [0.2, 0.25) is 0 Å². The van der Waals surface area contributed by atoms with Gasteiger partial charge in [0.1, 0.15) is 5.75 Å². The molecule has 2 nitrogen and oxygen atoms in total. The molecule has 1 fully saturated rings. The lowest BCUT2D eigenvalue weighted by atomic mass is 9.86. The van der Waals surface area contributed by atoms with Crippen LogP contribution in [0.4, 0.5) is 0 Å². The first-order chi connectivity index (χ1) is 10.3. The standard InChI is InChI=1S/C19H27NO/c1-2-15-3-7-18(8-4-15)21-19-9-5-16(6-10-19)17-11-13-20-14-12-17/h5-6,9-11,15,18,20H,2-4,7-8,12-14H2,1H3. The van der Waals surface area contributed by atoms with Gasteiger partial charge in [0.2, 0.25) is 0 Å². The molecule has 0 amide bonds. The van der Waals surface area contributed by atoms with Crippen LogP contribution in [0, 0.1) is 5.92 Å². The van der Waals surface area contributed by atoms with Crippen molar-refractivity contribution in [2.75, 3.05) is 13.1 Å². The number of hydrogen-bond donors (Lipinski definition) is 1. The minimum absolute atomic E-state index is 0.428. The van der Waals surface area contributed by atoms with Crippen LogP contribution in [0.25, 0.3) is 5.57 Å². The molecule has 0 spiro atoms. The number of rotatable bonds is 4. The molecule has 2 aliphatic rings. The van der Waals surface area contributed by atoms with E-state index in [0.717, 1.165) is 31.2 Å². The molecule has 1 heterocycles. The molecule has 0 atom stereocenters. The lowest BCUT2D eigenvalue weighted by molar-refractivity contribution is 0.130. The van der Waals surface area contributed by atoms with E-state index < -0.39 is 0 Å². The van der Waals surface area contributed by atoms with E-state index in [0.29, 0.717) is 6.10 Å². The summed E-state index contributed by atoms with van der Waals surface area (Å²) in [5.74, 6) is 1.97. The van der Waals surface area contributed by atoms with Gasteiger partial charge in [-0.25, -0.2) is 0 Å². The molecule has 1 aromatic carbocycles. The molecule has 1 aliphatic carbocycles. The lowest BCUT2D eigenvalue weighted by Crippen LogP contribution is -2.23. The van der Waals surface area contributed by atoms with Crippen molar-refractivity contribution < 1.29 is 4.74 Å². The van der Waals surface area contributed by atoms with Crippen LogP contribution in [0.3, 0.4) is 0 Å². The molecule has 1 aliphatic heterocycles. The van der Waals surface area contributed by atoms with Crippen LogP contribution in [0.5, 0.6) is 5.75 Å². The third-order valence-electron chi connectivity index (χ3n) is 4.96. The normalized spacial score (nSPS) is 26.2. The van der Waals surface area contributed by atoms with Crippen molar-refractivity contribution in [3.63, 3.8) is 0 Å². The smallest absolute Gasteiger partial charge is 0.119 e. The molecule has 114 valence electrons. The van der Waals surface area contributed by atoms with E-state index in [2.05, 4.69) is 42.6 Å². The van der Waals surface area contributed by atoms with E-state index in [9.17, 15) is 0 Å². The monoisotopic (exact) mass is 285 g/mol. The topological polar surface area (TPSA) is 21.3 Å². The first kappa shape index (κ1) is 14.6. The van der Waals surface area contributed by atoms with Gasteiger partial charge in [0.25, 0.3) is 0 Å². The first-order valence-electron chi connectivity index (χ1n) is 8.52. The van der Waals surface area contributed by atoms with Gasteiger partial charge in [-0.1, -0.05) is 31.6 Å². The first-order valence-corrected chi connectivity index (χ1v) is 8.52. The zero-order valence-electron chi connectivity index (χ0n) is 13.1. The highest BCUT2D eigenvalue weighted by Crippen LogP contribution is 2.30. The average molecular weight is 285 g/mol. The average Bonchev–Trinajstić information content (AvgIpc) is 2.57. The Bertz CT molecular complexity index is 469. The van der Waals surface area contributed by atoms with Crippen molar-refractivity contribution in [3.05, 3.63) is 35.9 Å². The fraction of sp³-hybridized carbons (Fsp3) is 0.579. The molecule has 3 rings (SSSR count). The van der Waals surface area contributed by atoms with Crippen molar-refractivity contribution in [2.45, 2.75) is 51.6 Å². The van der Waals surface area contributed by atoms with Crippen LogP contribution >= 0.6 is 0 Å². The molecule has 0 aromatic heterocycles. The summed E-state index contributed by atoms with van der Waals surface area (Å²) in [6, 6.07) is 8.71. The third kappa shape index (κ3) is 3.88. The zero-order valence-corrected chi connectivity index (χ0v) is 13.1. The fourth-order valence-corrected chi connectivity index (χ4v) is 3.48. The van der Waals surface area contributed by atoms with Crippen molar-refractivity contribution in [3.8, 4) is 5.75 Å². The molecule has 1 N–H and O–H groups in total. The Balaban J connectivity index is 1.56. The molecule has 21 heavy (non-hydrogen) atoms. The molecule has 0 saturated heterocycles. The van der Waals surface area contributed by atoms with E-state index in [1.54, 1.807) is 0 Å². The van der Waals surface area contributed by atoms with Crippen LogP contribution in [0.1, 0.15) is 51.0 Å². The minimum atomic E-state index is 0.428. The van der Waals surface area contributed by atoms with Gasteiger partial charge in [-0.05, 0) is 67.8 Å². The van der Waals surface area contributed by atoms with E-state index >= 15 is 0 Å². The molecular weight excluding hydrogens is 258 g/mol. The summed E-state index contributed by atoms with van der Waals surface area (Å²) >= 11 is 0. The lowest BCUT2D eigenvalue weighted by Gasteiger charge is -2.28. The molecule has 0 unspecified atom stereocenters. The molecule has 1 saturated carbocycles. The number of ether oxygens (including phenoxy) is 1. The summed E-state index contributed by atoms with van der Waals surface area (Å²) in [5, 5.41) is 3.36. The van der Waals surface area contributed by atoms with Crippen LogP contribution in [-0.2, 0) is 0 Å². The quantitative estimate of drug-likeness (QED) is 0.884. The predicted octanol–water partition coefficient (Wildman–Crippen LogP) is 4.41. The Hall–Kier alpha value is -1.28. The minimum Gasteiger partial charge on any atom is -0.490 e. The maximum absolute atomic E-state index is 6.16. The Morgan fingerprint density at radius 2 is 1.86 bits per heavy atom. The van der Waals surface area contributed by atoms with Crippen molar-refractivity contribution >= 4 is 5.57 Å². The van der Waals surface area contributed by atoms with Crippen LogP contribution in [-0.4, -0.2) is 19.2 Å². The van der Waals surface area contributed by atoms with E-state index in [-0.39, 0.29) is 0 Å². The van der Waals surface area contributed by atoms with Crippen molar-refractivity contribution in [2.24, 2.45) is 5.92 Å². The summed E-state index contributed by atoms with van der Waals surface area (Å²) < 4.78 is 6.16. The number of benzene rings is 1. The summed E-state index contributed by atoms with van der Waals surface area (Å²) in [4.78, 5) is 0. The zero-order chi connectivity index (χ0) is 14.5. The van der Waals surface area contributed by atoms with Crippen LogP contribution in [0.15, 0.2) is 30.3 Å². The molecule has 1 aromatic rings. The number of hydrogen-bond acceptors (Lipinski definition) is 2. The highest BCUT2D eigenvalue weighted by Gasteiger charge is 2.21. The van der Waals surface area contributed by atoms with E-state index in [4.69, 9.17) is 4.74 Å². The van der Waals surface area contributed by atoms with Gasteiger partial charge in [-0.2, -0.15) is 0 Å².